The maximum absolute atomic E-state index is 11.1. The summed E-state index contributed by atoms with van der Waals surface area (Å²) in [6.07, 6.45) is 21.8. The molecule has 11 heteroatoms. The van der Waals surface area contributed by atoms with Crippen molar-refractivity contribution in [1.82, 2.24) is 15.0 Å². The third-order valence-corrected chi connectivity index (χ3v) is 16.1. The molecule has 7 atom stereocenters. The van der Waals surface area contributed by atoms with Gasteiger partial charge in [0.05, 0.1) is 6.20 Å². The van der Waals surface area contributed by atoms with E-state index in [1.807, 2.05) is 29.7 Å². The van der Waals surface area contributed by atoms with Crippen LogP contribution in [0.2, 0.25) is 0 Å². The van der Waals surface area contributed by atoms with Crippen LogP contribution in [0.5, 0.6) is 0 Å². The summed E-state index contributed by atoms with van der Waals surface area (Å²) in [5.41, 5.74) is 5.00. The van der Waals surface area contributed by atoms with E-state index in [1.54, 1.807) is 5.57 Å². The van der Waals surface area contributed by atoms with Gasteiger partial charge in [-0.25, -0.2) is 9.59 Å². The van der Waals surface area contributed by atoms with Crippen LogP contribution in [0.3, 0.4) is 0 Å². The molecule has 0 bridgehead atoms. The Bertz CT molecular complexity index is 2070. The molecule has 57 heavy (non-hydrogen) atoms. The number of aliphatic carboxylic acids is 2. The first-order valence-corrected chi connectivity index (χ1v) is 22.2. The molecule has 3 heterocycles. The predicted molar refractivity (Wildman–Crippen MR) is 225 cm³/mol. The van der Waals surface area contributed by atoms with Crippen LogP contribution in [0.15, 0.2) is 85.6 Å². The summed E-state index contributed by atoms with van der Waals surface area (Å²) < 4.78 is 5.43. The number of rotatable bonds is 4. The van der Waals surface area contributed by atoms with Crippen molar-refractivity contribution in [3.8, 4) is 12.3 Å². The number of nitrogens with zero attached hydrogens (tertiary/aromatic N) is 3. The summed E-state index contributed by atoms with van der Waals surface area (Å²) in [5.74, 6) is 3.12. The first-order valence-electron chi connectivity index (χ1n) is 20.1. The number of carboxylic acid groups (broad SMARTS) is 2. The fourth-order valence-corrected chi connectivity index (χ4v) is 12.5. The van der Waals surface area contributed by atoms with E-state index in [0.717, 1.165) is 63.8 Å². The van der Waals surface area contributed by atoms with Gasteiger partial charge in [-0.15, -0.1) is 18.2 Å². The molecule has 3 N–H and O–H groups in total. The maximum atomic E-state index is 11.1. The van der Waals surface area contributed by atoms with Gasteiger partial charge in [0, 0.05) is 70.0 Å². The molecular formula is C46H55N3O6S2. The summed E-state index contributed by atoms with van der Waals surface area (Å²) >= 11 is 3.79. The Hall–Kier alpha value is -3.79. The molecule has 0 spiro atoms. The number of aliphatic hydroxyl groups is 1. The number of fused-ring (bicyclic) bond motifs is 8. The number of aromatic nitrogens is 1. The van der Waals surface area contributed by atoms with E-state index < -0.39 is 17.5 Å². The summed E-state index contributed by atoms with van der Waals surface area (Å²) in [5, 5.41) is 30.7. The van der Waals surface area contributed by atoms with Gasteiger partial charge in [-0.1, -0.05) is 60.5 Å². The van der Waals surface area contributed by atoms with Crippen LogP contribution in [0, 0.1) is 40.9 Å². The third-order valence-electron chi connectivity index (χ3n) is 14.2. The molecular weight excluding hydrogens is 755 g/mol. The quantitative estimate of drug-likeness (QED) is 0.134. The number of carboxylic acids is 2. The number of allylic oxidation sites excluding steroid dienone is 1. The van der Waals surface area contributed by atoms with E-state index in [4.69, 9.17) is 21.2 Å². The third kappa shape index (κ3) is 8.13. The monoisotopic (exact) mass is 809 g/mol. The number of thioether (sulfide) groups is 1. The first-order chi connectivity index (χ1) is 27.3. The van der Waals surface area contributed by atoms with Gasteiger partial charge in [0.25, 0.3) is 0 Å². The molecule has 4 fully saturated rings. The highest BCUT2D eigenvalue weighted by molar-refractivity contribution is 7.99. The molecule has 3 saturated carbocycles. The molecule has 2 aliphatic heterocycles. The van der Waals surface area contributed by atoms with Gasteiger partial charge in [0.1, 0.15) is 5.60 Å². The summed E-state index contributed by atoms with van der Waals surface area (Å²) in [4.78, 5) is 28.5. The molecule has 6 aliphatic rings. The minimum absolute atomic E-state index is 0.114. The predicted octanol–water partition coefficient (Wildman–Crippen LogP) is 8.34. The molecule has 7 unspecified atom stereocenters. The zero-order valence-electron chi connectivity index (χ0n) is 33.4. The van der Waals surface area contributed by atoms with E-state index in [1.165, 1.54) is 50.9 Å². The zero-order valence-corrected chi connectivity index (χ0v) is 35.1. The van der Waals surface area contributed by atoms with Crippen molar-refractivity contribution in [2.45, 2.75) is 91.5 Å². The Morgan fingerprint density at radius 2 is 1.70 bits per heavy atom. The largest absolute Gasteiger partial charge is 0.478 e. The van der Waals surface area contributed by atoms with Crippen molar-refractivity contribution in [2.24, 2.45) is 28.6 Å². The number of carbonyl (C=O) groups is 2. The Labute approximate surface area is 345 Å². The fourth-order valence-electron chi connectivity index (χ4n) is 11.0. The van der Waals surface area contributed by atoms with E-state index in [9.17, 15) is 14.7 Å². The molecule has 0 amide bonds. The first kappa shape index (κ1) is 41.4. The number of piperazine rings is 1. The van der Waals surface area contributed by atoms with Crippen LogP contribution in [-0.4, -0.2) is 87.3 Å². The SMILES string of the molecule is C#CC1(O)CCC2C3CCC4=Cc5oncc5CC4(C)C3CCC21C.CSc1ccc2c(c1)C(N1CCN(C)CC1)Cc1ccccc1S2.O=C(O)C=CC(=O)O. The minimum Gasteiger partial charge on any atom is -0.478 e. The minimum atomic E-state index is -1.26. The maximum Gasteiger partial charge on any atom is 0.328 e. The molecule has 1 aromatic heterocycles. The number of hydrogen-bond acceptors (Lipinski definition) is 9. The molecule has 9 nitrogen and oxygen atoms in total. The van der Waals surface area contributed by atoms with Gasteiger partial charge in [0.2, 0.25) is 0 Å². The van der Waals surface area contributed by atoms with E-state index in [2.05, 4.69) is 96.6 Å². The zero-order chi connectivity index (χ0) is 40.5. The van der Waals surface area contributed by atoms with E-state index >= 15 is 0 Å². The van der Waals surface area contributed by atoms with Crippen LogP contribution in [0.4, 0.5) is 0 Å². The number of hydrogen-bond donors (Lipinski definition) is 3. The average Bonchev–Trinajstić information content (AvgIpc) is 3.71. The standard InChI is InChI=1S/C22H27NO2.C20H24N2S2.C4H4O4/c1-4-22(24)10-8-18-16-6-5-15-11-19-14(13-23-25-19)12-20(15,2)17(16)7-9-21(18,22)3;1-21-9-11-22(12-10-21)18-13-15-5-3-4-6-19(15)24-20-8-7-16(23-2)14-17(18)20;5-3(6)1-2-4(7)8/h1,11,13,16-18,24H,5-10,12H2,2-3H3;3-8,14,18H,9-13H2,1-2H3;1-2H,(H,5,6)(H,7,8). The lowest BCUT2D eigenvalue weighted by Gasteiger charge is -2.58. The molecule has 1 saturated heterocycles. The van der Waals surface area contributed by atoms with Crippen molar-refractivity contribution >= 4 is 41.5 Å². The van der Waals surface area contributed by atoms with Gasteiger partial charge >= 0.3 is 11.9 Å². The topological polar surface area (TPSA) is 127 Å². The highest BCUT2D eigenvalue weighted by atomic mass is 32.2. The van der Waals surface area contributed by atoms with Crippen LogP contribution in [-0.2, 0) is 22.4 Å². The summed E-state index contributed by atoms with van der Waals surface area (Å²) in [6.45, 7) is 9.38. The molecule has 2 aromatic carbocycles. The Morgan fingerprint density at radius 1 is 0.982 bits per heavy atom. The van der Waals surface area contributed by atoms with Crippen LogP contribution in [0.25, 0.3) is 6.08 Å². The Morgan fingerprint density at radius 3 is 2.40 bits per heavy atom. The smallest absolute Gasteiger partial charge is 0.328 e. The molecule has 3 aromatic rings. The summed E-state index contributed by atoms with van der Waals surface area (Å²) in [6, 6.07) is 16.5. The lowest BCUT2D eigenvalue weighted by atomic mass is 9.46. The second-order valence-electron chi connectivity index (χ2n) is 17.1. The van der Waals surface area contributed by atoms with E-state index in [-0.39, 0.29) is 10.8 Å². The van der Waals surface area contributed by atoms with Crippen molar-refractivity contribution in [1.29, 1.82) is 0 Å². The lowest BCUT2D eigenvalue weighted by molar-refractivity contribution is -0.134. The number of benzene rings is 2. The van der Waals surface area contributed by atoms with Gasteiger partial charge in [-0.3, -0.25) is 4.90 Å². The lowest BCUT2D eigenvalue weighted by Crippen LogP contribution is -2.54. The highest BCUT2D eigenvalue weighted by Gasteiger charge is 2.63. The normalized spacial score (nSPS) is 31.5. The van der Waals surface area contributed by atoms with Crippen molar-refractivity contribution in [3.63, 3.8) is 0 Å². The number of terminal acetylenes is 1. The van der Waals surface area contributed by atoms with Crippen molar-refractivity contribution in [2.75, 3.05) is 39.5 Å². The van der Waals surface area contributed by atoms with Crippen LogP contribution >= 0.6 is 23.5 Å². The van der Waals surface area contributed by atoms with Crippen LogP contribution < -0.4 is 0 Å². The molecule has 4 aliphatic carbocycles. The fraction of sp³-hybridized carbons (Fsp3) is 0.500. The average molecular weight is 810 g/mol. The second-order valence-corrected chi connectivity index (χ2v) is 19.0. The van der Waals surface area contributed by atoms with Crippen LogP contribution in [0.1, 0.15) is 80.9 Å². The van der Waals surface area contributed by atoms with Crippen molar-refractivity contribution < 1.29 is 29.4 Å². The molecule has 302 valence electrons. The van der Waals surface area contributed by atoms with Crippen molar-refractivity contribution in [3.05, 3.63) is 88.8 Å². The molecule has 0 radical (unpaired) electrons. The highest BCUT2D eigenvalue weighted by Crippen LogP contribution is 2.67. The Kier molecular flexibility index (Phi) is 12.2. The van der Waals surface area contributed by atoms with E-state index in [0.29, 0.717) is 35.9 Å². The molecule has 9 rings (SSSR count). The second kappa shape index (κ2) is 16.8. The van der Waals surface area contributed by atoms with Gasteiger partial charge in [-0.05, 0) is 129 Å². The van der Waals surface area contributed by atoms with Gasteiger partial charge in [-0.2, -0.15) is 0 Å². The summed E-state index contributed by atoms with van der Waals surface area (Å²) in [7, 11) is 2.23. The Balaban J connectivity index is 0.000000147. The van der Waals surface area contributed by atoms with Gasteiger partial charge in [0.15, 0.2) is 5.76 Å². The van der Waals surface area contributed by atoms with Gasteiger partial charge < -0.3 is 24.7 Å². The number of likely N-dealkylation sites (N-methyl/N-ethyl adjacent to an activating group) is 1.